The number of aromatic nitrogens is 1. The molecule has 1 aromatic carbocycles. The number of thiazole rings is 1. The molecule has 0 saturated carbocycles. The van der Waals surface area contributed by atoms with Gasteiger partial charge in [-0.3, -0.25) is 4.79 Å². The quantitative estimate of drug-likeness (QED) is 0.847. The van der Waals surface area contributed by atoms with Gasteiger partial charge in [-0.05, 0) is 56.9 Å². The standard InChI is InChI=1S/C18H23N3O3S2/c1-12-7-13(2)9-16(8-12)26(23,24)21-6-4-5-17(21)18(22)19-10-15-11-25-14(3)20-15/h7-9,11,17H,4-6,10H2,1-3H3,(H,19,22)/t17-/m1/s1. The van der Waals surface area contributed by atoms with Crippen molar-refractivity contribution in [3.63, 3.8) is 0 Å². The van der Waals surface area contributed by atoms with Gasteiger partial charge in [-0.25, -0.2) is 13.4 Å². The molecule has 1 atom stereocenters. The zero-order chi connectivity index (χ0) is 18.9. The molecular weight excluding hydrogens is 370 g/mol. The number of carbonyl (C=O) groups is 1. The van der Waals surface area contributed by atoms with Crippen molar-refractivity contribution in [3.8, 4) is 0 Å². The molecule has 2 heterocycles. The highest BCUT2D eigenvalue weighted by molar-refractivity contribution is 7.89. The second-order valence-electron chi connectivity index (χ2n) is 6.67. The van der Waals surface area contributed by atoms with Crippen molar-refractivity contribution in [2.24, 2.45) is 0 Å². The fourth-order valence-corrected chi connectivity index (χ4v) is 5.75. The van der Waals surface area contributed by atoms with Crippen molar-refractivity contribution in [1.29, 1.82) is 0 Å². The molecule has 0 aliphatic carbocycles. The van der Waals surface area contributed by atoms with E-state index in [1.807, 2.05) is 32.2 Å². The summed E-state index contributed by atoms with van der Waals surface area (Å²) in [6, 6.07) is 4.59. The zero-order valence-electron chi connectivity index (χ0n) is 15.2. The first-order valence-corrected chi connectivity index (χ1v) is 10.9. The molecular formula is C18H23N3O3S2. The van der Waals surface area contributed by atoms with Crippen LogP contribution in [0.5, 0.6) is 0 Å². The number of sulfonamides is 1. The molecule has 1 aromatic heterocycles. The van der Waals surface area contributed by atoms with E-state index in [0.717, 1.165) is 21.8 Å². The Morgan fingerprint density at radius 1 is 1.27 bits per heavy atom. The summed E-state index contributed by atoms with van der Waals surface area (Å²) < 4.78 is 27.5. The van der Waals surface area contributed by atoms with Gasteiger partial charge < -0.3 is 5.32 Å². The Morgan fingerprint density at radius 2 is 1.96 bits per heavy atom. The molecule has 6 nitrogen and oxygen atoms in total. The summed E-state index contributed by atoms with van der Waals surface area (Å²) in [6.07, 6.45) is 1.21. The van der Waals surface area contributed by atoms with Crippen LogP contribution in [0.1, 0.15) is 34.7 Å². The lowest BCUT2D eigenvalue weighted by molar-refractivity contribution is -0.124. The fraction of sp³-hybridized carbons (Fsp3) is 0.444. The summed E-state index contributed by atoms with van der Waals surface area (Å²) in [6.45, 7) is 6.33. The summed E-state index contributed by atoms with van der Waals surface area (Å²) in [7, 11) is -3.70. The summed E-state index contributed by atoms with van der Waals surface area (Å²) in [5.74, 6) is -0.263. The zero-order valence-corrected chi connectivity index (χ0v) is 16.8. The average molecular weight is 394 g/mol. The SMILES string of the molecule is Cc1cc(C)cc(S(=O)(=O)N2CCC[C@@H]2C(=O)NCc2csc(C)n2)c1. The van der Waals surface area contributed by atoms with E-state index < -0.39 is 16.1 Å². The Morgan fingerprint density at radius 3 is 2.58 bits per heavy atom. The Balaban J connectivity index is 1.77. The molecule has 3 rings (SSSR count). The van der Waals surface area contributed by atoms with Gasteiger partial charge in [0.1, 0.15) is 6.04 Å². The Hall–Kier alpha value is -1.77. The first kappa shape index (κ1) is 19.0. The van der Waals surface area contributed by atoms with Gasteiger partial charge in [-0.1, -0.05) is 6.07 Å². The van der Waals surface area contributed by atoms with Crippen LogP contribution in [0.25, 0.3) is 0 Å². The topological polar surface area (TPSA) is 79.4 Å². The van der Waals surface area contributed by atoms with Crippen LogP contribution < -0.4 is 5.32 Å². The molecule has 140 valence electrons. The van der Waals surface area contributed by atoms with Crippen LogP contribution in [0, 0.1) is 20.8 Å². The Bertz CT molecular complexity index is 901. The van der Waals surface area contributed by atoms with E-state index in [1.165, 1.54) is 15.6 Å². The maximum atomic E-state index is 13.1. The third-order valence-electron chi connectivity index (χ3n) is 4.42. The molecule has 8 heteroatoms. The maximum absolute atomic E-state index is 13.1. The highest BCUT2D eigenvalue weighted by Crippen LogP contribution is 2.27. The summed E-state index contributed by atoms with van der Waals surface area (Å²) >= 11 is 1.52. The monoisotopic (exact) mass is 393 g/mol. The summed E-state index contributed by atoms with van der Waals surface area (Å²) in [5.41, 5.74) is 2.58. The van der Waals surface area contributed by atoms with Crippen molar-refractivity contribution in [3.05, 3.63) is 45.4 Å². The molecule has 1 amide bonds. The minimum atomic E-state index is -3.70. The van der Waals surface area contributed by atoms with Crippen LogP contribution in [0.15, 0.2) is 28.5 Å². The molecule has 1 aliphatic rings. The van der Waals surface area contributed by atoms with Gasteiger partial charge in [0.15, 0.2) is 0 Å². The molecule has 0 radical (unpaired) electrons. The van der Waals surface area contributed by atoms with Gasteiger partial charge in [-0.15, -0.1) is 11.3 Å². The van der Waals surface area contributed by atoms with Crippen LogP contribution in [0.2, 0.25) is 0 Å². The molecule has 1 fully saturated rings. The first-order valence-electron chi connectivity index (χ1n) is 8.56. The number of aryl methyl sites for hydroxylation is 3. The minimum Gasteiger partial charge on any atom is -0.349 e. The van der Waals surface area contributed by atoms with Crippen LogP contribution in [0.3, 0.4) is 0 Å². The van der Waals surface area contributed by atoms with E-state index in [2.05, 4.69) is 10.3 Å². The lowest BCUT2D eigenvalue weighted by Gasteiger charge is -2.23. The number of carbonyl (C=O) groups excluding carboxylic acids is 1. The molecule has 0 unspecified atom stereocenters. The lowest BCUT2D eigenvalue weighted by Crippen LogP contribution is -2.45. The van der Waals surface area contributed by atoms with Crippen LogP contribution in [-0.2, 0) is 21.4 Å². The average Bonchev–Trinajstić information content (AvgIpc) is 3.21. The molecule has 26 heavy (non-hydrogen) atoms. The fourth-order valence-electron chi connectivity index (χ4n) is 3.29. The van der Waals surface area contributed by atoms with Crippen molar-refractivity contribution in [1.82, 2.24) is 14.6 Å². The number of nitrogens with one attached hydrogen (secondary N) is 1. The van der Waals surface area contributed by atoms with E-state index >= 15 is 0 Å². The normalized spacial score (nSPS) is 18.2. The molecule has 1 aliphatic heterocycles. The van der Waals surface area contributed by atoms with E-state index in [1.54, 1.807) is 12.1 Å². The molecule has 0 bridgehead atoms. The van der Waals surface area contributed by atoms with Gasteiger partial charge >= 0.3 is 0 Å². The number of hydrogen-bond donors (Lipinski definition) is 1. The largest absolute Gasteiger partial charge is 0.349 e. The van der Waals surface area contributed by atoms with Crippen LogP contribution >= 0.6 is 11.3 Å². The second kappa shape index (κ2) is 7.46. The van der Waals surface area contributed by atoms with E-state index in [0.29, 0.717) is 25.9 Å². The number of hydrogen-bond acceptors (Lipinski definition) is 5. The Kier molecular flexibility index (Phi) is 5.45. The minimum absolute atomic E-state index is 0.254. The smallest absolute Gasteiger partial charge is 0.243 e. The third kappa shape index (κ3) is 3.97. The van der Waals surface area contributed by atoms with Gasteiger partial charge in [0, 0.05) is 11.9 Å². The summed E-state index contributed by atoms with van der Waals surface area (Å²) in [5, 5.41) is 5.67. The van der Waals surface area contributed by atoms with Gasteiger partial charge in [0.2, 0.25) is 15.9 Å². The van der Waals surface area contributed by atoms with E-state index in [-0.39, 0.29) is 10.8 Å². The number of benzene rings is 1. The maximum Gasteiger partial charge on any atom is 0.243 e. The molecule has 2 aromatic rings. The van der Waals surface area contributed by atoms with E-state index in [4.69, 9.17) is 0 Å². The lowest BCUT2D eigenvalue weighted by atomic mass is 10.2. The number of rotatable bonds is 5. The van der Waals surface area contributed by atoms with Crippen molar-refractivity contribution in [2.45, 2.75) is 51.1 Å². The Labute approximate surface area is 158 Å². The molecule has 1 N–H and O–H groups in total. The van der Waals surface area contributed by atoms with Crippen molar-refractivity contribution in [2.75, 3.05) is 6.54 Å². The number of nitrogens with zero attached hydrogens (tertiary/aromatic N) is 2. The van der Waals surface area contributed by atoms with Crippen molar-refractivity contribution < 1.29 is 13.2 Å². The van der Waals surface area contributed by atoms with Crippen molar-refractivity contribution >= 4 is 27.3 Å². The molecule has 0 spiro atoms. The first-order chi connectivity index (χ1) is 12.3. The van der Waals surface area contributed by atoms with Gasteiger partial charge in [0.05, 0.1) is 22.1 Å². The predicted molar refractivity (Wildman–Crippen MR) is 102 cm³/mol. The molecule has 1 saturated heterocycles. The van der Waals surface area contributed by atoms with Gasteiger partial charge in [-0.2, -0.15) is 4.31 Å². The third-order valence-corrected chi connectivity index (χ3v) is 7.13. The highest BCUT2D eigenvalue weighted by atomic mass is 32.2. The predicted octanol–water partition coefficient (Wildman–Crippen LogP) is 2.54. The van der Waals surface area contributed by atoms with Crippen LogP contribution in [0.4, 0.5) is 0 Å². The number of amides is 1. The van der Waals surface area contributed by atoms with Crippen LogP contribution in [-0.4, -0.2) is 36.2 Å². The van der Waals surface area contributed by atoms with Gasteiger partial charge in [0.25, 0.3) is 0 Å². The summed E-state index contributed by atoms with van der Waals surface area (Å²) in [4.78, 5) is 17.2. The highest BCUT2D eigenvalue weighted by Gasteiger charge is 2.39. The second-order valence-corrected chi connectivity index (χ2v) is 9.63. The van der Waals surface area contributed by atoms with E-state index in [9.17, 15) is 13.2 Å².